The number of hydrogen-bond acceptors (Lipinski definition) is 8. The number of rotatable bonds is 10. The summed E-state index contributed by atoms with van der Waals surface area (Å²) in [7, 11) is 0. The number of ketones is 2. The molecule has 0 aliphatic rings. The molecule has 2 atom stereocenters. The van der Waals surface area contributed by atoms with Crippen molar-refractivity contribution in [3.8, 4) is 0 Å². The topological polar surface area (TPSA) is 159 Å². The molecule has 13 heteroatoms. The molecule has 0 bridgehead atoms. The van der Waals surface area contributed by atoms with E-state index < -0.39 is 24.0 Å². The van der Waals surface area contributed by atoms with Crippen LogP contribution in [0.2, 0.25) is 15.1 Å². The Balaban J connectivity index is 0.000000250. The quantitative estimate of drug-likeness (QED) is 0.118. The zero-order valence-corrected chi connectivity index (χ0v) is 28.4. The highest BCUT2D eigenvalue weighted by molar-refractivity contribution is 6.43. The average Bonchev–Trinajstić information content (AvgIpc) is 3.42. The highest BCUT2D eigenvalue weighted by Gasteiger charge is 2.31. The van der Waals surface area contributed by atoms with Gasteiger partial charge in [-0.15, -0.1) is 0 Å². The monoisotopic (exact) mass is 690 g/mol. The van der Waals surface area contributed by atoms with Crippen LogP contribution in [-0.4, -0.2) is 33.7 Å². The van der Waals surface area contributed by atoms with Crippen LogP contribution in [0, 0.1) is 34.6 Å². The highest BCUT2D eigenvalue weighted by Crippen LogP contribution is 2.35. The van der Waals surface area contributed by atoms with Crippen LogP contribution in [0.3, 0.4) is 0 Å². The van der Waals surface area contributed by atoms with Gasteiger partial charge in [0.05, 0.1) is 37.6 Å². The first kappa shape index (κ1) is 36.2. The molecule has 2 unspecified atom stereocenters. The lowest BCUT2D eigenvalue weighted by atomic mass is 10.0. The molecule has 0 saturated heterocycles. The number of carboxylic acid groups (broad SMARTS) is 2. The highest BCUT2D eigenvalue weighted by atomic mass is 35.5. The minimum atomic E-state index is -1.20. The van der Waals surface area contributed by atoms with Crippen LogP contribution in [0.25, 0.3) is 0 Å². The number of benzene rings is 2. The summed E-state index contributed by atoms with van der Waals surface area (Å²) in [5, 5.41) is 25.7. The summed E-state index contributed by atoms with van der Waals surface area (Å²) in [5.41, 5.74) is 3.66. The summed E-state index contributed by atoms with van der Waals surface area (Å²) in [5.74, 6) is -1.45. The van der Waals surface area contributed by atoms with E-state index in [4.69, 9.17) is 43.6 Å². The van der Waals surface area contributed by atoms with Crippen molar-refractivity contribution in [2.45, 2.75) is 60.5 Å². The van der Waals surface area contributed by atoms with Crippen molar-refractivity contribution in [1.82, 2.24) is 0 Å². The number of aliphatic carboxylic acids is 2. The number of carbonyl (C=O) groups is 4. The molecule has 4 N–H and O–H groups in total. The molecule has 46 heavy (non-hydrogen) atoms. The summed E-state index contributed by atoms with van der Waals surface area (Å²) in [6.45, 7) is 11.3. The van der Waals surface area contributed by atoms with Crippen molar-refractivity contribution in [3.05, 3.63) is 102 Å². The fraction of sp³-hybridized carbons (Fsp3) is 0.273. The van der Waals surface area contributed by atoms with Crippen molar-refractivity contribution in [2.24, 2.45) is 0 Å². The summed E-state index contributed by atoms with van der Waals surface area (Å²) in [6, 6.07) is 7.81. The van der Waals surface area contributed by atoms with Gasteiger partial charge in [-0.2, -0.15) is 0 Å². The van der Waals surface area contributed by atoms with E-state index >= 15 is 0 Å². The zero-order chi connectivity index (χ0) is 34.6. The van der Waals surface area contributed by atoms with Crippen molar-refractivity contribution < 1.29 is 38.2 Å². The molecular formula is C33H33Cl3N2O8. The average molecular weight is 692 g/mol. The Kier molecular flexibility index (Phi) is 11.7. The number of Topliss-reactive ketones (excluding diaryl/α,β-unsaturated/α-hetero) is 2. The van der Waals surface area contributed by atoms with E-state index in [1.165, 1.54) is 13.8 Å². The van der Waals surface area contributed by atoms with Gasteiger partial charge in [-0.25, -0.2) is 9.59 Å². The van der Waals surface area contributed by atoms with Gasteiger partial charge in [0.1, 0.15) is 23.0 Å². The van der Waals surface area contributed by atoms with E-state index in [0.29, 0.717) is 55.2 Å². The number of furan rings is 2. The maximum Gasteiger partial charge on any atom is 0.334 e. The second kappa shape index (κ2) is 14.9. The van der Waals surface area contributed by atoms with E-state index in [1.807, 2.05) is 13.0 Å². The molecule has 2 heterocycles. The lowest BCUT2D eigenvalue weighted by molar-refractivity contribution is -0.139. The van der Waals surface area contributed by atoms with Crippen LogP contribution < -0.4 is 10.6 Å². The Labute approximate surface area is 280 Å². The van der Waals surface area contributed by atoms with E-state index in [1.54, 1.807) is 58.0 Å². The van der Waals surface area contributed by atoms with Gasteiger partial charge in [0.2, 0.25) is 0 Å². The Morgan fingerprint density at radius 1 is 0.674 bits per heavy atom. The first-order valence-corrected chi connectivity index (χ1v) is 15.0. The molecule has 0 aliphatic carbocycles. The molecule has 0 aliphatic heterocycles. The number of nitrogens with one attached hydrogen (secondary N) is 2. The normalized spacial score (nSPS) is 12.0. The van der Waals surface area contributed by atoms with Gasteiger partial charge in [-0.1, -0.05) is 46.9 Å². The molecule has 0 saturated carbocycles. The predicted molar refractivity (Wildman–Crippen MR) is 177 cm³/mol. The van der Waals surface area contributed by atoms with Crippen LogP contribution >= 0.6 is 34.8 Å². The largest absolute Gasteiger partial charge is 0.479 e. The summed E-state index contributed by atoms with van der Waals surface area (Å²) in [4.78, 5) is 46.7. The maximum absolute atomic E-state index is 11.7. The first-order chi connectivity index (χ1) is 21.5. The number of aryl methyl sites for hydroxylation is 3. The predicted octanol–water partition coefficient (Wildman–Crippen LogP) is 8.94. The van der Waals surface area contributed by atoms with Crippen molar-refractivity contribution in [2.75, 3.05) is 10.6 Å². The molecule has 0 radical (unpaired) electrons. The van der Waals surface area contributed by atoms with Gasteiger partial charge in [0, 0.05) is 11.1 Å². The van der Waals surface area contributed by atoms with Crippen LogP contribution in [0.1, 0.15) is 86.4 Å². The SMILES string of the molecule is CC(=O)c1c(C)oc(C(Nc2ccc(C)cc2Cl)C(=O)O)c1C.CC(=O)c1c(C)oc(C(Nc2cccc(Cl)c2Cl)C(=O)O)c1C. The fourth-order valence-electron chi connectivity index (χ4n) is 5.08. The van der Waals surface area contributed by atoms with Gasteiger partial charge in [-0.3, -0.25) is 9.59 Å². The smallest absolute Gasteiger partial charge is 0.334 e. The van der Waals surface area contributed by atoms with Gasteiger partial charge in [0.15, 0.2) is 23.7 Å². The minimum Gasteiger partial charge on any atom is -0.479 e. The molecule has 0 spiro atoms. The third-order valence-corrected chi connectivity index (χ3v) is 8.25. The number of anilines is 2. The Morgan fingerprint density at radius 3 is 1.52 bits per heavy atom. The van der Waals surface area contributed by atoms with E-state index in [9.17, 15) is 29.4 Å². The summed E-state index contributed by atoms with van der Waals surface area (Å²) >= 11 is 18.2. The zero-order valence-electron chi connectivity index (χ0n) is 26.1. The van der Waals surface area contributed by atoms with E-state index in [0.717, 1.165) is 5.56 Å². The van der Waals surface area contributed by atoms with E-state index in [-0.39, 0.29) is 28.1 Å². The lowest BCUT2D eigenvalue weighted by Crippen LogP contribution is -2.21. The molecule has 2 aromatic heterocycles. The number of hydrogen-bond donors (Lipinski definition) is 4. The maximum atomic E-state index is 11.7. The van der Waals surface area contributed by atoms with Gasteiger partial charge < -0.3 is 29.7 Å². The van der Waals surface area contributed by atoms with Gasteiger partial charge in [0.25, 0.3) is 0 Å². The van der Waals surface area contributed by atoms with Crippen LogP contribution in [0.5, 0.6) is 0 Å². The molecule has 4 aromatic rings. The van der Waals surface area contributed by atoms with Crippen molar-refractivity contribution in [1.29, 1.82) is 0 Å². The Bertz CT molecular complexity index is 1830. The molecule has 0 amide bonds. The molecule has 4 rings (SSSR count). The lowest BCUT2D eigenvalue weighted by Gasteiger charge is -2.16. The van der Waals surface area contributed by atoms with Crippen LogP contribution in [0.15, 0.2) is 45.2 Å². The van der Waals surface area contributed by atoms with Gasteiger partial charge >= 0.3 is 11.9 Å². The minimum absolute atomic E-state index is 0.160. The second-order valence-corrected chi connectivity index (χ2v) is 11.8. The van der Waals surface area contributed by atoms with Crippen LogP contribution in [-0.2, 0) is 9.59 Å². The summed E-state index contributed by atoms with van der Waals surface area (Å²) < 4.78 is 11.1. The molecule has 244 valence electrons. The standard InChI is InChI=1S/C17H18ClNO4.C16H15Cl2NO4/c1-8-5-6-13(12(18)7-8)19-15(17(21)22)16-9(2)14(10(3)20)11(4)23-16;1-7-12(8(2)20)9(3)23-15(7)14(16(21)22)19-11-6-4-5-10(17)13(11)18/h5-7,15,19H,1-4H3,(H,21,22);4-6,14,19H,1-3H3,(H,21,22). The second-order valence-electron chi connectivity index (χ2n) is 10.6. The van der Waals surface area contributed by atoms with E-state index in [2.05, 4.69) is 10.6 Å². The molecule has 10 nitrogen and oxygen atoms in total. The molecule has 0 fully saturated rings. The first-order valence-electron chi connectivity index (χ1n) is 13.9. The fourth-order valence-corrected chi connectivity index (χ4v) is 5.72. The third-order valence-electron chi connectivity index (χ3n) is 7.12. The third kappa shape index (κ3) is 7.93. The molecule has 2 aromatic carbocycles. The van der Waals surface area contributed by atoms with Crippen molar-refractivity contribution in [3.63, 3.8) is 0 Å². The van der Waals surface area contributed by atoms with Crippen molar-refractivity contribution >= 4 is 69.7 Å². The molecular weight excluding hydrogens is 659 g/mol. The Morgan fingerprint density at radius 2 is 1.13 bits per heavy atom. The Hall–Kier alpha value is -4.25. The number of carboxylic acids is 2. The number of carbonyl (C=O) groups excluding carboxylic acids is 2. The number of halogens is 3. The van der Waals surface area contributed by atoms with Crippen LogP contribution in [0.4, 0.5) is 11.4 Å². The van der Waals surface area contributed by atoms with Gasteiger partial charge in [-0.05, 0) is 78.3 Å². The summed E-state index contributed by atoms with van der Waals surface area (Å²) in [6.07, 6.45) is 0.